The van der Waals surface area contributed by atoms with E-state index in [9.17, 15) is 0 Å². The molecule has 3 nitrogen and oxygen atoms in total. The predicted molar refractivity (Wildman–Crippen MR) is 86.6 cm³/mol. The van der Waals surface area contributed by atoms with Crippen LogP contribution in [-0.2, 0) is 0 Å². The van der Waals surface area contributed by atoms with Crippen molar-refractivity contribution in [2.75, 3.05) is 21.3 Å². The lowest BCUT2D eigenvalue weighted by atomic mass is 9.95. The highest BCUT2D eigenvalue weighted by atomic mass is 35.5. The summed E-state index contributed by atoms with van der Waals surface area (Å²) < 4.78 is 11.0. The molecule has 1 atom stereocenters. The van der Waals surface area contributed by atoms with Gasteiger partial charge in [0, 0.05) is 5.02 Å². The summed E-state index contributed by atoms with van der Waals surface area (Å²) >= 11 is 6.49. The lowest BCUT2D eigenvalue weighted by molar-refractivity contribution is 0.379. The molecule has 0 heterocycles. The third kappa shape index (κ3) is 2.99. The molecule has 112 valence electrons. The molecule has 0 saturated carbocycles. The maximum Gasteiger partial charge on any atom is 0.127 e. The Labute approximate surface area is 130 Å². The minimum Gasteiger partial charge on any atom is -0.496 e. The number of hydrogen-bond acceptors (Lipinski definition) is 3. The predicted octanol–water partition coefficient (Wildman–Crippen LogP) is 3.97. The van der Waals surface area contributed by atoms with E-state index in [1.54, 1.807) is 14.2 Å². The maximum atomic E-state index is 6.49. The third-order valence-corrected chi connectivity index (χ3v) is 4.09. The summed E-state index contributed by atoms with van der Waals surface area (Å²) in [5.41, 5.74) is 2.99. The van der Waals surface area contributed by atoms with E-state index < -0.39 is 0 Å². The Morgan fingerprint density at radius 2 is 1.57 bits per heavy atom. The highest BCUT2D eigenvalue weighted by Gasteiger charge is 2.23. The fourth-order valence-corrected chi connectivity index (χ4v) is 2.75. The molecular weight excluding hydrogens is 286 g/mol. The molecule has 4 heteroatoms. The van der Waals surface area contributed by atoms with Gasteiger partial charge in [0.15, 0.2) is 0 Å². The van der Waals surface area contributed by atoms with E-state index in [0.29, 0.717) is 0 Å². The Hall–Kier alpha value is -1.71. The molecule has 2 aromatic carbocycles. The SMILES string of the molecule is CNC(c1cccc(C)c1Cl)c1c(OC)cccc1OC. The van der Waals surface area contributed by atoms with Gasteiger partial charge in [0.25, 0.3) is 0 Å². The molecule has 1 unspecified atom stereocenters. The number of ether oxygens (including phenoxy) is 2. The molecular formula is C17H20ClNO2. The van der Waals surface area contributed by atoms with Crippen molar-refractivity contribution in [3.05, 3.63) is 58.1 Å². The largest absolute Gasteiger partial charge is 0.496 e. The van der Waals surface area contributed by atoms with Crippen molar-refractivity contribution in [2.45, 2.75) is 13.0 Å². The van der Waals surface area contributed by atoms with Crippen molar-refractivity contribution in [1.82, 2.24) is 5.32 Å². The highest BCUT2D eigenvalue weighted by Crippen LogP contribution is 2.39. The van der Waals surface area contributed by atoms with Crippen LogP contribution < -0.4 is 14.8 Å². The number of aryl methyl sites for hydroxylation is 1. The quantitative estimate of drug-likeness (QED) is 0.906. The van der Waals surface area contributed by atoms with E-state index >= 15 is 0 Å². The van der Waals surface area contributed by atoms with E-state index in [4.69, 9.17) is 21.1 Å². The molecule has 0 aliphatic heterocycles. The van der Waals surface area contributed by atoms with Crippen LogP contribution in [0.25, 0.3) is 0 Å². The Balaban J connectivity index is 2.64. The average Bonchev–Trinajstić information content (AvgIpc) is 2.52. The van der Waals surface area contributed by atoms with Crippen LogP contribution in [0, 0.1) is 6.92 Å². The van der Waals surface area contributed by atoms with E-state index in [1.807, 2.05) is 50.4 Å². The zero-order chi connectivity index (χ0) is 15.4. The zero-order valence-electron chi connectivity index (χ0n) is 12.7. The molecule has 21 heavy (non-hydrogen) atoms. The Kier molecular flexibility index (Phi) is 5.10. The summed E-state index contributed by atoms with van der Waals surface area (Å²) in [6.45, 7) is 2.00. The van der Waals surface area contributed by atoms with Crippen LogP contribution in [0.4, 0.5) is 0 Å². The van der Waals surface area contributed by atoms with Crippen LogP contribution in [0.3, 0.4) is 0 Å². The van der Waals surface area contributed by atoms with Crippen LogP contribution in [0.15, 0.2) is 36.4 Å². The normalized spacial score (nSPS) is 12.0. The molecule has 2 aromatic rings. The molecule has 0 bridgehead atoms. The van der Waals surface area contributed by atoms with Crippen molar-refractivity contribution < 1.29 is 9.47 Å². The van der Waals surface area contributed by atoms with Gasteiger partial charge in [0.1, 0.15) is 11.5 Å². The van der Waals surface area contributed by atoms with Gasteiger partial charge >= 0.3 is 0 Å². The number of halogens is 1. The zero-order valence-corrected chi connectivity index (χ0v) is 13.5. The third-order valence-electron chi connectivity index (χ3n) is 3.58. The van der Waals surface area contributed by atoms with Crippen LogP contribution in [-0.4, -0.2) is 21.3 Å². The average molecular weight is 306 g/mol. The lowest BCUT2D eigenvalue weighted by Crippen LogP contribution is -2.20. The topological polar surface area (TPSA) is 30.5 Å². The number of rotatable bonds is 5. The van der Waals surface area contributed by atoms with Crippen molar-refractivity contribution in [3.63, 3.8) is 0 Å². The molecule has 0 radical (unpaired) electrons. The van der Waals surface area contributed by atoms with E-state index in [-0.39, 0.29) is 6.04 Å². The van der Waals surface area contributed by atoms with Gasteiger partial charge in [-0.2, -0.15) is 0 Å². The second-order valence-electron chi connectivity index (χ2n) is 4.78. The molecule has 0 aliphatic carbocycles. The summed E-state index contributed by atoms with van der Waals surface area (Å²) in [5, 5.41) is 4.06. The molecule has 0 spiro atoms. The number of benzene rings is 2. The van der Waals surface area contributed by atoms with Gasteiger partial charge in [0.05, 0.1) is 25.8 Å². The second kappa shape index (κ2) is 6.83. The first-order chi connectivity index (χ1) is 10.1. The second-order valence-corrected chi connectivity index (χ2v) is 5.15. The molecule has 2 rings (SSSR count). The number of methoxy groups -OCH3 is 2. The number of nitrogens with one attached hydrogen (secondary N) is 1. The Morgan fingerprint density at radius 3 is 2.10 bits per heavy atom. The molecule has 0 aliphatic rings. The van der Waals surface area contributed by atoms with E-state index in [2.05, 4.69) is 5.32 Å². The van der Waals surface area contributed by atoms with E-state index in [1.165, 1.54) is 0 Å². The fraction of sp³-hybridized carbons (Fsp3) is 0.294. The van der Waals surface area contributed by atoms with Crippen LogP contribution >= 0.6 is 11.6 Å². The minimum absolute atomic E-state index is 0.108. The summed E-state index contributed by atoms with van der Waals surface area (Å²) in [4.78, 5) is 0. The van der Waals surface area contributed by atoms with Crippen LogP contribution in [0.5, 0.6) is 11.5 Å². The molecule has 0 saturated heterocycles. The van der Waals surface area contributed by atoms with Gasteiger partial charge in [0.2, 0.25) is 0 Å². The summed E-state index contributed by atoms with van der Waals surface area (Å²) in [5.74, 6) is 1.54. The number of hydrogen-bond donors (Lipinski definition) is 1. The van der Waals surface area contributed by atoms with Crippen molar-refractivity contribution >= 4 is 11.6 Å². The maximum absolute atomic E-state index is 6.49. The van der Waals surface area contributed by atoms with Gasteiger partial charge in [-0.25, -0.2) is 0 Å². The van der Waals surface area contributed by atoms with Gasteiger partial charge in [-0.05, 0) is 37.2 Å². The van der Waals surface area contributed by atoms with Gasteiger partial charge in [-0.3, -0.25) is 0 Å². The smallest absolute Gasteiger partial charge is 0.127 e. The van der Waals surface area contributed by atoms with Crippen LogP contribution in [0.1, 0.15) is 22.7 Å². The van der Waals surface area contributed by atoms with Crippen molar-refractivity contribution in [2.24, 2.45) is 0 Å². The fourth-order valence-electron chi connectivity index (χ4n) is 2.51. The van der Waals surface area contributed by atoms with Crippen molar-refractivity contribution in [3.8, 4) is 11.5 Å². The van der Waals surface area contributed by atoms with Gasteiger partial charge in [-0.15, -0.1) is 0 Å². The van der Waals surface area contributed by atoms with Gasteiger partial charge in [-0.1, -0.05) is 35.9 Å². The van der Waals surface area contributed by atoms with E-state index in [0.717, 1.165) is 33.2 Å². The molecule has 0 amide bonds. The first kappa shape index (κ1) is 15.7. The standard InChI is InChI=1S/C17H20ClNO2/c1-11-7-5-8-12(16(11)18)17(19-2)15-13(20-3)9-6-10-14(15)21-4/h5-10,17,19H,1-4H3. The van der Waals surface area contributed by atoms with Crippen LogP contribution in [0.2, 0.25) is 5.02 Å². The molecule has 0 aromatic heterocycles. The monoisotopic (exact) mass is 305 g/mol. The minimum atomic E-state index is -0.108. The lowest BCUT2D eigenvalue weighted by Gasteiger charge is -2.23. The Morgan fingerprint density at radius 1 is 1.00 bits per heavy atom. The summed E-state index contributed by atoms with van der Waals surface area (Å²) in [7, 11) is 5.21. The van der Waals surface area contributed by atoms with Crippen molar-refractivity contribution in [1.29, 1.82) is 0 Å². The molecule has 1 N–H and O–H groups in total. The first-order valence-corrected chi connectivity index (χ1v) is 7.15. The molecule has 0 fully saturated rings. The first-order valence-electron chi connectivity index (χ1n) is 6.77. The van der Waals surface area contributed by atoms with Gasteiger partial charge < -0.3 is 14.8 Å². The Bertz CT molecular complexity index is 606. The highest BCUT2D eigenvalue weighted by molar-refractivity contribution is 6.32. The summed E-state index contributed by atoms with van der Waals surface area (Å²) in [6, 6.07) is 11.7. The summed E-state index contributed by atoms with van der Waals surface area (Å²) in [6.07, 6.45) is 0.